The molecule has 2 saturated heterocycles. The van der Waals surface area contributed by atoms with Crippen LogP contribution in [0.1, 0.15) is 32.1 Å². The lowest BCUT2D eigenvalue weighted by molar-refractivity contribution is -0.160. The average molecular weight is 252 g/mol. The van der Waals surface area contributed by atoms with E-state index in [1.54, 1.807) is 4.90 Å². The second-order valence-corrected chi connectivity index (χ2v) is 4.65. The van der Waals surface area contributed by atoms with E-state index >= 15 is 0 Å². The van der Waals surface area contributed by atoms with Crippen LogP contribution in [0.5, 0.6) is 0 Å². The second kappa shape index (κ2) is 5.27. The van der Waals surface area contributed by atoms with Crippen molar-refractivity contribution in [2.75, 3.05) is 7.11 Å². The Labute approximate surface area is 105 Å². The molecule has 0 radical (unpaired) electrons. The van der Waals surface area contributed by atoms with Crippen molar-refractivity contribution in [1.82, 2.24) is 4.90 Å². The molecule has 2 aliphatic heterocycles. The molecule has 0 N–H and O–H groups in total. The minimum Gasteiger partial charge on any atom is -0.467 e. The number of rotatable bonds is 2. The van der Waals surface area contributed by atoms with E-state index in [1.807, 2.05) is 0 Å². The molecule has 0 aromatic heterocycles. The van der Waals surface area contributed by atoms with Gasteiger partial charge in [-0.2, -0.15) is 0 Å². The topological polar surface area (TPSA) is 95.4 Å². The predicted molar refractivity (Wildman–Crippen MR) is 62.5 cm³/mol. The van der Waals surface area contributed by atoms with Gasteiger partial charge >= 0.3 is 5.97 Å². The summed E-state index contributed by atoms with van der Waals surface area (Å²) in [7, 11) is 1.32. The molecule has 1 amide bonds. The van der Waals surface area contributed by atoms with Crippen molar-refractivity contribution in [2.24, 2.45) is 5.11 Å². The quantitative estimate of drug-likeness (QED) is 0.321. The molecule has 0 aromatic carbocycles. The Morgan fingerprint density at radius 1 is 1.50 bits per heavy atom. The van der Waals surface area contributed by atoms with Crippen LogP contribution in [-0.4, -0.2) is 42.0 Å². The molecule has 2 heterocycles. The van der Waals surface area contributed by atoms with Gasteiger partial charge in [-0.1, -0.05) is 5.11 Å². The van der Waals surface area contributed by atoms with Crippen LogP contribution in [0, 0.1) is 0 Å². The minimum absolute atomic E-state index is 0.0421. The Kier molecular flexibility index (Phi) is 3.72. The lowest BCUT2D eigenvalue weighted by Crippen LogP contribution is -2.59. The van der Waals surface area contributed by atoms with Gasteiger partial charge in [0, 0.05) is 17.4 Å². The van der Waals surface area contributed by atoms with E-state index < -0.39 is 6.04 Å². The number of esters is 1. The maximum atomic E-state index is 12.0. The molecule has 2 rings (SSSR count). The highest BCUT2D eigenvalue weighted by atomic mass is 16.5. The summed E-state index contributed by atoms with van der Waals surface area (Å²) >= 11 is 0. The van der Waals surface area contributed by atoms with Gasteiger partial charge < -0.3 is 9.64 Å². The van der Waals surface area contributed by atoms with Gasteiger partial charge in [-0.25, -0.2) is 4.79 Å². The predicted octanol–water partition coefficient (Wildman–Crippen LogP) is 1.38. The Bertz CT molecular complexity index is 405. The van der Waals surface area contributed by atoms with Gasteiger partial charge in [0.05, 0.1) is 13.2 Å². The van der Waals surface area contributed by atoms with E-state index in [0.29, 0.717) is 19.3 Å². The van der Waals surface area contributed by atoms with E-state index in [9.17, 15) is 9.59 Å². The van der Waals surface area contributed by atoms with Gasteiger partial charge in [-0.3, -0.25) is 4.79 Å². The molecule has 0 saturated carbocycles. The van der Waals surface area contributed by atoms with Crippen molar-refractivity contribution >= 4 is 11.9 Å². The number of methoxy groups -OCH3 is 1. The highest BCUT2D eigenvalue weighted by Crippen LogP contribution is 2.33. The van der Waals surface area contributed by atoms with Crippen LogP contribution in [0.4, 0.5) is 0 Å². The van der Waals surface area contributed by atoms with Crippen LogP contribution in [0.15, 0.2) is 5.11 Å². The Hall–Kier alpha value is -1.75. The zero-order chi connectivity index (χ0) is 13.1. The number of fused-ring (bicyclic) bond motifs is 1. The van der Waals surface area contributed by atoms with E-state index in [2.05, 4.69) is 10.0 Å². The van der Waals surface area contributed by atoms with E-state index in [4.69, 9.17) is 10.3 Å². The third-order valence-corrected chi connectivity index (χ3v) is 3.72. The number of piperidine rings is 2. The summed E-state index contributed by atoms with van der Waals surface area (Å²) < 4.78 is 4.75. The fourth-order valence-electron chi connectivity index (χ4n) is 2.93. The lowest BCUT2D eigenvalue weighted by Gasteiger charge is -2.46. The Balaban J connectivity index is 2.26. The maximum Gasteiger partial charge on any atom is 0.328 e. The summed E-state index contributed by atoms with van der Waals surface area (Å²) in [6.07, 6.45) is 3.14. The first-order valence-electron chi connectivity index (χ1n) is 6.12. The van der Waals surface area contributed by atoms with Crippen molar-refractivity contribution in [3.05, 3.63) is 10.4 Å². The third-order valence-electron chi connectivity index (χ3n) is 3.72. The molecular formula is C11H16N4O3. The summed E-state index contributed by atoms with van der Waals surface area (Å²) in [6, 6.07) is -0.891. The van der Waals surface area contributed by atoms with Crippen LogP contribution in [-0.2, 0) is 14.3 Å². The van der Waals surface area contributed by atoms with Crippen LogP contribution in [0.2, 0.25) is 0 Å². The third kappa shape index (κ3) is 2.13. The Morgan fingerprint density at radius 2 is 2.28 bits per heavy atom. The number of ether oxygens (including phenoxy) is 1. The Morgan fingerprint density at radius 3 is 2.94 bits per heavy atom. The first-order valence-corrected chi connectivity index (χ1v) is 6.12. The number of nitrogens with zero attached hydrogens (tertiary/aromatic N) is 4. The van der Waals surface area contributed by atoms with Crippen molar-refractivity contribution < 1.29 is 14.3 Å². The molecule has 2 fully saturated rings. The fraction of sp³-hybridized carbons (Fsp3) is 0.818. The summed E-state index contributed by atoms with van der Waals surface area (Å²) in [5.41, 5.74) is 8.56. The van der Waals surface area contributed by atoms with Crippen LogP contribution in [0.3, 0.4) is 0 Å². The largest absolute Gasteiger partial charge is 0.467 e. The van der Waals surface area contributed by atoms with Crippen molar-refractivity contribution in [3.8, 4) is 0 Å². The average Bonchev–Trinajstić information content (AvgIpc) is 2.39. The maximum absolute atomic E-state index is 12.0. The number of azide groups is 1. The summed E-state index contributed by atoms with van der Waals surface area (Å²) in [6.45, 7) is 0. The molecule has 0 bridgehead atoms. The zero-order valence-corrected chi connectivity index (χ0v) is 10.3. The molecule has 98 valence electrons. The normalized spacial score (nSPS) is 31.3. The lowest BCUT2D eigenvalue weighted by atomic mass is 9.85. The van der Waals surface area contributed by atoms with Gasteiger partial charge in [0.25, 0.3) is 0 Å². The molecule has 7 heteroatoms. The molecule has 3 atom stereocenters. The van der Waals surface area contributed by atoms with Crippen LogP contribution >= 0.6 is 0 Å². The molecule has 0 aliphatic carbocycles. The van der Waals surface area contributed by atoms with Crippen LogP contribution < -0.4 is 0 Å². The molecule has 0 unspecified atom stereocenters. The molecular weight excluding hydrogens is 236 g/mol. The molecule has 2 aliphatic rings. The number of carbonyl (C=O) groups excluding carboxylic acids is 2. The van der Waals surface area contributed by atoms with E-state index in [-0.39, 0.29) is 24.0 Å². The second-order valence-electron chi connectivity index (χ2n) is 4.65. The van der Waals surface area contributed by atoms with Gasteiger partial charge in [0.1, 0.15) is 6.04 Å². The smallest absolute Gasteiger partial charge is 0.328 e. The standard InChI is InChI=1S/C11H16N4O3/c1-18-11(17)9-6-5-7(13-14-12)8-3-2-4-10(16)15(8)9/h7-9H,2-6H2,1H3/t7-,8-,9-/m0/s1. The minimum atomic E-state index is -0.516. The highest BCUT2D eigenvalue weighted by molar-refractivity contribution is 5.85. The first kappa shape index (κ1) is 12.7. The highest BCUT2D eigenvalue weighted by Gasteiger charge is 2.44. The summed E-state index contributed by atoms with van der Waals surface area (Å²) in [5, 5.41) is 3.76. The van der Waals surface area contributed by atoms with E-state index in [1.165, 1.54) is 7.11 Å². The SMILES string of the molecule is COC(=O)[C@@H]1CC[C@H](N=[N+]=[N-])[C@@H]2CCCC(=O)N12. The van der Waals surface area contributed by atoms with E-state index in [0.717, 1.165) is 12.8 Å². The number of hydrogen-bond donors (Lipinski definition) is 0. The van der Waals surface area contributed by atoms with Gasteiger partial charge in [-0.15, -0.1) is 0 Å². The zero-order valence-electron chi connectivity index (χ0n) is 10.3. The van der Waals surface area contributed by atoms with Crippen molar-refractivity contribution in [1.29, 1.82) is 0 Å². The van der Waals surface area contributed by atoms with Crippen molar-refractivity contribution in [3.63, 3.8) is 0 Å². The molecule has 0 aromatic rings. The fourth-order valence-corrected chi connectivity index (χ4v) is 2.93. The van der Waals surface area contributed by atoms with Gasteiger partial charge in [0.15, 0.2) is 0 Å². The summed E-state index contributed by atoms with van der Waals surface area (Å²) in [4.78, 5) is 28.1. The number of amides is 1. The monoisotopic (exact) mass is 252 g/mol. The number of carbonyl (C=O) groups is 2. The van der Waals surface area contributed by atoms with Gasteiger partial charge in [0.2, 0.25) is 5.91 Å². The first-order chi connectivity index (χ1) is 8.69. The molecule has 0 spiro atoms. The van der Waals surface area contributed by atoms with Crippen molar-refractivity contribution in [2.45, 2.75) is 50.2 Å². The summed E-state index contributed by atoms with van der Waals surface area (Å²) in [5.74, 6) is -0.422. The number of hydrogen-bond acceptors (Lipinski definition) is 4. The molecule has 7 nitrogen and oxygen atoms in total. The molecule has 18 heavy (non-hydrogen) atoms. The van der Waals surface area contributed by atoms with Crippen LogP contribution in [0.25, 0.3) is 10.4 Å². The van der Waals surface area contributed by atoms with Gasteiger partial charge in [-0.05, 0) is 31.2 Å².